The number of carboxylic acid groups (broad SMARTS) is 1. The van der Waals surface area contributed by atoms with E-state index in [1.54, 1.807) is 5.01 Å². The third-order valence-corrected chi connectivity index (χ3v) is 4.13. The van der Waals surface area contributed by atoms with Crippen LogP contribution < -0.4 is 10.7 Å². The number of nitrogens with zero attached hydrogens (tertiary/aromatic N) is 1. The minimum Gasteiger partial charge on any atom is -0.480 e. The largest absolute Gasteiger partial charge is 0.480 e. The van der Waals surface area contributed by atoms with E-state index in [0.717, 1.165) is 12.8 Å². The molecule has 2 saturated heterocycles. The Labute approximate surface area is 99.3 Å². The maximum absolute atomic E-state index is 11.9. The van der Waals surface area contributed by atoms with E-state index in [1.165, 1.54) is 12.8 Å². The molecule has 2 heterocycles. The summed E-state index contributed by atoms with van der Waals surface area (Å²) in [6.45, 7) is 0. The lowest BCUT2D eigenvalue weighted by atomic mass is 9.83. The van der Waals surface area contributed by atoms with Crippen LogP contribution in [0.15, 0.2) is 0 Å². The first-order chi connectivity index (χ1) is 8.16. The Balaban J connectivity index is 1.81. The first-order valence-electron chi connectivity index (χ1n) is 6.24. The Morgan fingerprint density at radius 3 is 2.88 bits per heavy atom. The van der Waals surface area contributed by atoms with E-state index >= 15 is 0 Å². The summed E-state index contributed by atoms with van der Waals surface area (Å²) in [5.74, 6) is -0.678. The van der Waals surface area contributed by atoms with Crippen molar-refractivity contribution in [3.8, 4) is 0 Å². The molecule has 0 radical (unpaired) electrons. The van der Waals surface area contributed by atoms with Crippen LogP contribution in [0, 0.1) is 5.92 Å². The fraction of sp³-hybridized carbons (Fsp3) is 0.818. The Bertz CT molecular complexity index is 360. The van der Waals surface area contributed by atoms with Gasteiger partial charge in [0.1, 0.15) is 12.2 Å². The summed E-state index contributed by atoms with van der Waals surface area (Å²) in [6.07, 6.45) is 4.39. The molecule has 1 amide bonds. The molecule has 3 aliphatic rings. The molecular weight excluding hydrogens is 222 g/mol. The first kappa shape index (κ1) is 11.0. The third kappa shape index (κ3) is 1.71. The van der Waals surface area contributed by atoms with Gasteiger partial charge in [-0.2, -0.15) is 0 Å². The number of carbonyl (C=O) groups is 2. The van der Waals surface area contributed by atoms with Gasteiger partial charge in [0.2, 0.25) is 5.91 Å². The van der Waals surface area contributed by atoms with Gasteiger partial charge in [-0.3, -0.25) is 19.9 Å². The number of aliphatic carboxylic acids is 1. The number of hydrazine groups is 1. The van der Waals surface area contributed by atoms with Crippen LogP contribution in [0.25, 0.3) is 0 Å². The van der Waals surface area contributed by atoms with E-state index in [2.05, 4.69) is 10.7 Å². The number of carboxylic acids is 1. The lowest BCUT2D eigenvalue weighted by Crippen LogP contribution is -2.61. The van der Waals surface area contributed by atoms with Gasteiger partial charge in [-0.25, -0.2) is 5.43 Å². The molecule has 0 aromatic rings. The van der Waals surface area contributed by atoms with Crippen LogP contribution in [0.3, 0.4) is 0 Å². The Kier molecular flexibility index (Phi) is 2.56. The lowest BCUT2D eigenvalue weighted by Gasteiger charge is -2.35. The number of hydrogen-bond acceptors (Lipinski definition) is 4. The molecule has 0 spiro atoms. The van der Waals surface area contributed by atoms with Gasteiger partial charge in [0, 0.05) is 12.0 Å². The molecule has 6 heteroatoms. The highest BCUT2D eigenvalue weighted by molar-refractivity contribution is 5.86. The molecule has 3 N–H and O–H groups in total. The Morgan fingerprint density at radius 1 is 1.35 bits per heavy atom. The van der Waals surface area contributed by atoms with Crippen molar-refractivity contribution in [2.75, 3.05) is 0 Å². The van der Waals surface area contributed by atoms with Crippen LogP contribution in [-0.2, 0) is 9.59 Å². The molecule has 4 unspecified atom stereocenters. The second-order valence-electron chi connectivity index (χ2n) is 5.15. The molecule has 3 rings (SSSR count). The zero-order chi connectivity index (χ0) is 12.0. The minimum atomic E-state index is -0.933. The van der Waals surface area contributed by atoms with Crippen LogP contribution in [0.2, 0.25) is 0 Å². The fourth-order valence-electron chi connectivity index (χ4n) is 3.27. The van der Waals surface area contributed by atoms with Crippen LogP contribution in [-0.4, -0.2) is 40.2 Å². The van der Waals surface area contributed by atoms with Gasteiger partial charge in [-0.1, -0.05) is 12.8 Å². The van der Waals surface area contributed by atoms with Crippen molar-refractivity contribution < 1.29 is 14.7 Å². The predicted molar refractivity (Wildman–Crippen MR) is 58.7 cm³/mol. The van der Waals surface area contributed by atoms with Gasteiger partial charge in [0.05, 0.1) is 6.42 Å². The highest BCUT2D eigenvalue weighted by Crippen LogP contribution is 2.35. The number of amides is 1. The number of hydrogen-bond donors (Lipinski definition) is 3. The summed E-state index contributed by atoms with van der Waals surface area (Å²) in [6, 6.07) is -0.399. The quantitative estimate of drug-likeness (QED) is 0.583. The Hall–Kier alpha value is -1.14. The topological polar surface area (TPSA) is 81.7 Å². The van der Waals surface area contributed by atoms with Gasteiger partial charge < -0.3 is 5.11 Å². The minimum absolute atomic E-state index is 0.0400. The van der Waals surface area contributed by atoms with E-state index in [9.17, 15) is 9.59 Å². The van der Waals surface area contributed by atoms with Crippen LogP contribution in [0.1, 0.15) is 32.1 Å². The summed E-state index contributed by atoms with van der Waals surface area (Å²) >= 11 is 0. The summed E-state index contributed by atoms with van der Waals surface area (Å²) in [7, 11) is 0. The molecule has 4 atom stereocenters. The second kappa shape index (κ2) is 3.96. The maximum Gasteiger partial charge on any atom is 0.321 e. The smallest absolute Gasteiger partial charge is 0.321 e. The van der Waals surface area contributed by atoms with Crippen LogP contribution >= 0.6 is 0 Å². The zero-order valence-corrected chi connectivity index (χ0v) is 9.56. The summed E-state index contributed by atoms with van der Waals surface area (Å²) in [4.78, 5) is 22.9. The molecule has 0 aromatic carbocycles. The number of fused-ring (bicyclic) bond motifs is 3. The highest BCUT2D eigenvalue weighted by Gasteiger charge is 2.49. The van der Waals surface area contributed by atoms with Gasteiger partial charge in [0.25, 0.3) is 0 Å². The molecular formula is C11H17N3O3. The number of rotatable bonds is 1. The molecule has 94 valence electrons. The van der Waals surface area contributed by atoms with Crippen LogP contribution in [0.4, 0.5) is 0 Å². The molecule has 6 nitrogen and oxygen atoms in total. The second-order valence-corrected chi connectivity index (χ2v) is 5.15. The molecule has 17 heavy (non-hydrogen) atoms. The summed E-state index contributed by atoms with van der Waals surface area (Å²) < 4.78 is 0. The third-order valence-electron chi connectivity index (χ3n) is 4.13. The van der Waals surface area contributed by atoms with Gasteiger partial charge in [-0.15, -0.1) is 0 Å². The van der Waals surface area contributed by atoms with Gasteiger partial charge >= 0.3 is 5.97 Å². The molecule has 0 aromatic heterocycles. The standard InChI is InChI=1S/C11H17N3O3/c15-9-5-8(11(16)17)12-10-6-3-1-2-4-7(6)13-14(9)10/h6-8,10,12-13H,1-5H2,(H,16,17). The monoisotopic (exact) mass is 239 g/mol. The lowest BCUT2D eigenvalue weighted by molar-refractivity contribution is -0.151. The predicted octanol–water partition coefficient (Wildman–Crippen LogP) is -0.335. The van der Waals surface area contributed by atoms with Crippen molar-refractivity contribution in [1.82, 2.24) is 15.8 Å². The van der Waals surface area contributed by atoms with E-state index in [4.69, 9.17) is 5.11 Å². The summed E-state index contributed by atoms with van der Waals surface area (Å²) in [5, 5.41) is 13.7. The van der Waals surface area contributed by atoms with Crippen molar-refractivity contribution in [2.45, 2.75) is 50.4 Å². The number of nitrogens with one attached hydrogen (secondary N) is 2. The highest BCUT2D eigenvalue weighted by atomic mass is 16.4. The molecule has 0 bridgehead atoms. The van der Waals surface area contributed by atoms with Crippen molar-refractivity contribution in [3.63, 3.8) is 0 Å². The summed E-state index contributed by atoms with van der Waals surface area (Å²) in [5.41, 5.74) is 3.23. The van der Waals surface area contributed by atoms with Crippen molar-refractivity contribution in [3.05, 3.63) is 0 Å². The SMILES string of the molecule is O=C(O)C1CC(=O)N2NC3CCCCC3C2N1. The van der Waals surface area contributed by atoms with E-state index in [-0.39, 0.29) is 18.5 Å². The first-order valence-corrected chi connectivity index (χ1v) is 6.24. The Morgan fingerprint density at radius 2 is 2.12 bits per heavy atom. The molecule has 1 saturated carbocycles. The molecule has 2 aliphatic heterocycles. The van der Waals surface area contributed by atoms with Crippen molar-refractivity contribution >= 4 is 11.9 Å². The van der Waals surface area contributed by atoms with Crippen LogP contribution in [0.5, 0.6) is 0 Å². The van der Waals surface area contributed by atoms with Gasteiger partial charge in [-0.05, 0) is 12.8 Å². The number of carbonyl (C=O) groups excluding carboxylic acids is 1. The van der Waals surface area contributed by atoms with E-state index < -0.39 is 12.0 Å². The van der Waals surface area contributed by atoms with E-state index in [0.29, 0.717) is 12.0 Å². The normalized spacial score (nSPS) is 40.9. The zero-order valence-electron chi connectivity index (χ0n) is 9.56. The van der Waals surface area contributed by atoms with Crippen molar-refractivity contribution in [1.29, 1.82) is 0 Å². The fourth-order valence-corrected chi connectivity index (χ4v) is 3.27. The maximum atomic E-state index is 11.9. The average Bonchev–Trinajstić information content (AvgIpc) is 2.68. The van der Waals surface area contributed by atoms with Crippen molar-refractivity contribution in [2.24, 2.45) is 5.92 Å². The van der Waals surface area contributed by atoms with Gasteiger partial charge in [0.15, 0.2) is 0 Å². The van der Waals surface area contributed by atoms with E-state index in [1.807, 2.05) is 0 Å². The molecule has 1 aliphatic carbocycles. The average molecular weight is 239 g/mol. The molecule has 3 fully saturated rings.